The molecule has 136 valence electrons. The first kappa shape index (κ1) is 16.8. The minimum absolute atomic E-state index is 0.123. The minimum atomic E-state index is -0.123. The molecule has 0 atom stereocenters. The van der Waals surface area contributed by atoms with Crippen LogP contribution in [0.25, 0.3) is 0 Å². The Balaban J connectivity index is 1.36. The van der Waals surface area contributed by atoms with Gasteiger partial charge >= 0.3 is 0 Å². The van der Waals surface area contributed by atoms with E-state index in [1.54, 1.807) is 12.3 Å². The lowest BCUT2D eigenvalue weighted by molar-refractivity contribution is 0.0957. The average Bonchev–Trinajstić information content (AvgIpc) is 3.43. The van der Waals surface area contributed by atoms with Gasteiger partial charge in [0.05, 0.1) is 5.56 Å². The molecule has 2 aromatic heterocycles. The van der Waals surface area contributed by atoms with E-state index < -0.39 is 0 Å². The molecule has 26 heavy (non-hydrogen) atoms. The number of hydrogen-bond acceptors (Lipinski definition) is 5. The van der Waals surface area contributed by atoms with E-state index >= 15 is 0 Å². The second-order valence-electron chi connectivity index (χ2n) is 6.99. The molecule has 1 aliphatic carbocycles. The van der Waals surface area contributed by atoms with E-state index in [0.29, 0.717) is 24.1 Å². The van der Waals surface area contributed by atoms with Crippen LogP contribution in [0.2, 0.25) is 0 Å². The summed E-state index contributed by atoms with van der Waals surface area (Å²) in [5, 5.41) is 11.3. The summed E-state index contributed by atoms with van der Waals surface area (Å²) >= 11 is 0. The summed E-state index contributed by atoms with van der Waals surface area (Å²) in [5.74, 6) is 2.42. The number of rotatable bonds is 6. The van der Waals surface area contributed by atoms with Gasteiger partial charge in [-0.05, 0) is 37.8 Å². The van der Waals surface area contributed by atoms with Gasteiger partial charge in [-0.15, -0.1) is 16.8 Å². The normalized spacial score (nSPS) is 17.9. The smallest absolute Gasteiger partial charge is 0.253 e. The Bertz CT molecular complexity index is 772. The molecular weight excluding hydrogens is 328 g/mol. The van der Waals surface area contributed by atoms with Gasteiger partial charge in [0.2, 0.25) is 0 Å². The van der Waals surface area contributed by atoms with Gasteiger partial charge in [-0.3, -0.25) is 4.79 Å². The summed E-state index contributed by atoms with van der Waals surface area (Å²) in [5.41, 5.74) is 0.572. The van der Waals surface area contributed by atoms with E-state index in [2.05, 4.69) is 36.5 Å². The summed E-state index contributed by atoms with van der Waals surface area (Å²) in [6.45, 7) is 5.94. The maximum absolute atomic E-state index is 11.9. The molecule has 1 aliphatic heterocycles. The molecule has 1 amide bonds. The van der Waals surface area contributed by atoms with Crippen molar-refractivity contribution in [3.63, 3.8) is 0 Å². The summed E-state index contributed by atoms with van der Waals surface area (Å²) in [7, 11) is 0. The number of anilines is 1. The molecule has 0 radical (unpaired) electrons. The van der Waals surface area contributed by atoms with E-state index in [1.165, 1.54) is 12.8 Å². The highest BCUT2D eigenvalue weighted by Gasteiger charge is 2.31. The van der Waals surface area contributed by atoms with Crippen molar-refractivity contribution in [2.45, 2.75) is 37.6 Å². The van der Waals surface area contributed by atoms with Crippen LogP contribution in [0, 0.1) is 0 Å². The summed E-state index contributed by atoms with van der Waals surface area (Å²) < 4.78 is 2.27. The topological polar surface area (TPSA) is 75.9 Å². The van der Waals surface area contributed by atoms with Gasteiger partial charge < -0.3 is 14.8 Å². The second kappa shape index (κ2) is 7.27. The molecule has 0 bridgehead atoms. The van der Waals surface area contributed by atoms with E-state index in [1.807, 2.05) is 18.5 Å². The number of piperidine rings is 1. The SMILES string of the molecule is C=CCNC(=O)c1ccc(N2CCC(c3nncn3C3CC3)CC2)nc1. The fourth-order valence-electron chi connectivity index (χ4n) is 3.52. The van der Waals surface area contributed by atoms with Crippen molar-refractivity contribution in [3.05, 3.63) is 48.7 Å². The van der Waals surface area contributed by atoms with Gasteiger partial charge in [0.15, 0.2) is 0 Å². The Morgan fingerprint density at radius 3 is 2.73 bits per heavy atom. The van der Waals surface area contributed by atoms with Crippen molar-refractivity contribution in [1.29, 1.82) is 0 Å². The molecule has 4 rings (SSSR count). The fraction of sp³-hybridized carbons (Fsp3) is 0.474. The maximum atomic E-state index is 11.9. The first-order chi connectivity index (χ1) is 12.8. The molecule has 0 spiro atoms. The molecule has 1 saturated carbocycles. The number of nitrogens with zero attached hydrogens (tertiary/aromatic N) is 5. The van der Waals surface area contributed by atoms with Crippen LogP contribution in [0.5, 0.6) is 0 Å². The number of carbonyl (C=O) groups is 1. The van der Waals surface area contributed by atoms with Crippen LogP contribution in [-0.4, -0.2) is 45.3 Å². The molecule has 1 saturated heterocycles. The molecule has 0 aromatic carbocycles. The van der Waals surface area contributed by atoms with Gasteiger partial charge in [-0.1, -0.05) is 6.08 Å². The molecule has 7 heteroatoms. The van der Waals surface area contributed by atoms with Crippen LogP contribution in [0.15, 0.2) is 37.3 Å². The van der Waals surface area contributed by atoms with Crippen LogP contribution in [0.3, 0.4) is 0 Å². The second-order valence-corrected chi connectivity index (χ2v) is 6.99. The van der Waals surface area contributed by atoms with Gasteiger partial charge in [0.1, 0.15) is 18.0 Å². The zero-order chi connectivity index (χ0) is 17.9. The summed E-state index contributed by atoms with van der Waals surface area (Å²) in [4.78, 5) is 18.7. The van der Waals surface area contributed by atoms with Crippen LogP contribution in [-0.2, 0) is 0 Å². The van der Waals surface area contributed by atoms with Crippen molar-refractivity contribution < 1.29 is 4.79 Å². The summed E-state index contributed by atoms with van der Waals surface area (Å²) in [6.07, 6.45) is 9.79. The molecule has 2 fully saturated rings. The number of amides is 1. The van der Waals surface area contributed by atoms with E-state index in [-0.39, 0.29) is 5.91 Å². The zero-order valence-electron chi connectivity index (χ0n) is 14.8. The molecule has 3 heterocycles. The molecule has 0 unspecified atom stereocenters. The monoisotopic (exact) mass is 352 g/mol. The average molecular weight is 352 g/mol. The number of pyridine rings is 1. The van der Waals surface area contributed by atoms with Gasteiger partial charge in [0, 0.05) is 37.8 Å². The van der Waals surface area contributed by atoms with Crippen molar-refractivity contribution >= 4 is 11.7 Å². The number of carbonyl (C=O) groups excluding carboxylic acids is 1. The van der Waals surface area contributed by atoms with E-state index in [4.69, 9.17) is 0 Å². The molecular formula is C19H24N6O. The fourth-order valence-corrected chi connectivity index (χ4v) is 3.52. The number of aromatic nitrogens is 4. The Kier molecular flexibility index (Phi) is 4.69. The minimum Gasteiger partial charge on any atom is -0.357 e. The first-order valence-electron chi connectivity index (χ1n) is 9.25. The van der Waals surface area contributed by atoms with Crippen LogP contribution in [0.1, 0.15) is 53.8 Å². The predicted octanol–water partition coefficient (Wildman–Crippen LogP) is 2.31. The van der Waals surface area contributed by atoms with Crippen molar-refractivity contribution in [2.75, 3.05) is 24.5 Å². The predicted molar refractivity (Wildman–Crippen MR) is 99.2 cm³/mol. The number of nitrogens with one attached hydrogen (secondary N) is 1. The Labute approximate surface area is 153 Å². The van der Waals surface area contributed by atoms with E-state index in [9.17, 15) is 4.79 Å². The third-order valence-electron chi connectivity index (χ3n) is 5.14. The van der Waals surface area contributed by atoms with Gasteiger partial charge in [0.25, 0.3) is 5.91 Å². The van der Waals surface area contributed by atoms with E-state index in [0.717, 1.165) is 37.6 Å². The number of hydrogen-bond donors (Lipinski definition) is 1. The van der Waals surface area contributed by atoms with Crippen LogP contribution in [0.4, 0.5) is 5.82 Å². The van der Waals surface area contributed by atoms with Gasteiger partial charge in [-0.2, -0.15) is 0 Å². The van der Waals surface area contributed by atoms with Crippen LogP contribution >= 0.6 is 0 Å². The van der Waals surface area contributed by atoms with Crippen molar-refractivity contribution in [2.24, 2.45) is 0 Å². The maximum Gasteiger partial charge on any atom is 0.253 e. The van der Waals surface area contributed by atoms with Crippen molar-refractivity contribution in [3.8, 4) is 0 Å². The molecule has 7 nitrogen and oxygen atoms in total. The van der Waals surface area contributed by atoms with Crippen molar-refractivity contribution in [1.82, 2.24) is 25.1 Å². The lowest BCUT2D eigenvalue weighted by Crippen LogP contribution is -2.34. The zero-order valence-corrected chi connectivity index (χ0v) is 14.8. The highest BCUT2D eigenvalue weighted by molar-refractivity contribution is 5.94. The Morgan fingerprint density at radius 1 is 1.27 bits per heavy atom. The Hall–Kier alpha value is -2.70. The largest absolute Gasteiger partial charge is 0.357 e. The molecule has 2 aromatic rings. The first-order valence-corrected chi connectivity index (χ1v) is 9.25. The third kappa shape index (κ3) is 3.47. The van der Waals surface area contributed by atoms with Gasteiger partial charge in [-0.25, -0.2) is 4.98 Å². The highest BCUT2D eigenvalue weighted by atomic mass is 16.1. The lowest BCUT2D eigenvalue weighted by Gasteiger charge is -2.32. The van der Waals surface area contributed by atoms with Crippen LogP contribution < -0.4 is 10.2 Å². The third-order valence-corrected chi connectivity index (χ3v) is 5.14. The Morgan fingerprint density at radius 2 is 2.08 bits per heavy atom. The highest BCUT2D eigenvalue weighted by Crippen LogP contribution is 2.38. The standard InChI is InChI=1S/C19H24N6O/c1-2-9-20-19(26)15-3-6-17(21-12-15)24-10-7-14(8-11-24)18-23-22-13-25(18)16-4-5-16/h2-3,6,12-14,16H,1,4-5,7-11H2,(H,20,26). The lowest BCUT2D eigenvalue weighted by atomic mass is 9.96. The molecule has 2 aliphatic rings. The summed E-state index contributed by atoms with van der Waals surface area (Å²) in [6, 6.07) is 4.38. The quantitative estimate of drug-likeness (QED) is 0.808. The molecule has 1 N–H and O–H groups in total.